The van der Waals surface area contributed by atoms with Crippen molar-refractivity contribution in [2.45, 2.75) is 57.9 Å². The first-order valence-corrected chi connectivity index (χ1v) is 7.47. The van der Waals surface area contributed by atoms with Gasteiger partial charge in [-0.05, 0) is 24.7 Å². The van der Waals surface area contributed by atoms with E-state index in [1.165, 1.54) is 12.7 Å². The minimum atomic E-state index is -0.276. The summed E-state index contributed by atoms with van der Waals surface area (Å²) in [5.41, 5.74) is 6.65. The fourth-order valence-corrected chi connectivity index (χ4v) is 3.29. The van der Waals surface area contributed by atoms with E-state index in [1.807, 2.05) is 0 Å². The quantitative estimate of drug-likeness (QED) is 0.788. The summed E-state index contributed by atoms with van der Waals surface area (Å²) in [4.78, 5) is 8.44. The number of hydrogen-bond donors (Lipinski definition) is 3. The fraction of sp³-hybridized carbons (Fsp3) is 0.733. The van der Waals surface area contributed by atoms with Crippen LogP contribution in [0.15, 0.2) is 6.33 Å². The maximum Gasteiger partial charge on any atom is 0.135 e. The Balaban J connectivity index is 2.30. The summed E-state index contributed by atoms with van der Waals surface area (Å²) in [7, 11) is 0. The highest BCUT2D eigenvalue weighted by molar-refractivity contribution is 5.57. The van der Waals surface area contributed by atoms with Crippen molar-refractivity contribution in [3.05, 3.63) is 11.9 Å². The maximum absolute atomic E-state index is 9.88. The summed E-state index contributed by atoms with van der Waals surface area (Å²) in [6.07, 6.45) is 5.78. The standard InChI is InChI=1S/C15H26N4O/c1-10(2)12-13(16)17-9-18-14(12)19-15(8-20)6-4-5-11(3)7-15/h9-11,20H,4-8H2,1-3H3,(H3,16,17,18,19). The summed E-state index contributed by atoms with van der Waals surface area (Å²) < 4.78 is 0. The molecular formula is C15H26N4O. The molecule has 0 saturated heterocycles. The van der Waals surface area contributed by atoms with E-state index in [0.717, 1.165) is 30.6 Å². The lowest BCUT2D eigenvalue weighted by Gasteiger charge is -2.40. The summed E-state index contributed by atoms with van der Waals surface area (Å²) in [6, 6.07) is 0. The van der Waals surface area contributed by atoms with Gasteiger partial charge in [-0.15, -0.1) is 0 Å². The van der Waals surface area contributed by atoms with Crippen LogP contribution >= 0.6 is 0 Å². The molecule has 0 bridgehead atoms. The van der Waals surface area contributed by atoms with Gasteiger partial charge >= 0.3 is 0 Å². The van der Waals surface area contributed by atoms with Crippen molar-refractivity contribution in [2.75, 3.05) is 17.7 Å². The molecule has 0 spiro atoms. The zero-order valence-electron chi connectivity index (χ0n) is 12.7. The van der Waals surface area contributed by atoms with Gasteiger partial charge < -0.3 is 16.2 Å². The molecule has 2 rings (SSSR count). The Morgan fingerprint density at radius 3 is 2.85 bits per heavy atom. The number of nitrogens with zero attached hydrogens (tertiary/aromatic N) is 2. The molecule has 2 unspecified atom stereocenters. The van der Waals surface area contributed by atoms with Crippen molar-refractivity contribution in [1.29, 1.82) is 0 Å². The number of aliphatic hydroxyl groups excluding tert-OH is 1. The van der Waals surface area contributed by atoms with Gasteiger partial charge in [-0.1, -0.05) is 33.6 Å². The molecule has 0 aromatic carbocycles. The largest absolute Gasteiger partial charge is 0.394 e. The molecule has 1 aliphatic rings. The van der Waals surface area contributed by atoms with Gasteiger partial charge in [0.1, 0.15) is 18.0 Å². The van der Waals surface area contributed by atoms with Crippen LogP contribution in [0.25, 0.3) is 0 Å². The van der Waals surface area contributed by atoms with E-state index < -0.39 is 0 Å². The lowest BCUT2D eigenvalue weighted by atomic mass is 9.76. The van der Waals surface area contributed by atoms with Gasteiger partial charge in [-0.3, -0.25) is 0 Å². The van der Waals surface area contributed by atoms with Crippen LogP contribution in [-0.4, -0.2) is 27.2 Å². The SMILES string of the molecule is CC1CCCC(CO)(Nc2ncnc(N)c2C(C)C)C1. The monoisotopic (exact) mass is 278 g/mol. The number of nitrogen functional groups attached to an aromatic ring is 1. The van der Waals surface area contributed by atoms with E-state index in [1.54, 1.807) is 0 Å². The van der Waals surface area contributed by atoms with Gasteiger partial charge in [0.15, 0.2) is 0 Å². The first-order chi connectivity index (χ1) is 9.47. The molecule has 20 heavy (non-hydrogen) atoms. The van der Waals surface area contributed by atoms with E-state index in [-0.39, 0.29) is 18.1 Å². The van der Waals surface area contributed by atoms with Crippen molar-refractivity contribution in [3.63, 3.8) is 0 Å². The Labute approximate surface area is 121 Å². The highest BCUT2D eigenvalue weighted by Crippen LogP contribution is 2.36. The topological polar surface area (TPSA) is 84.1 Å². The molecular weight excluding hydrogens is 252 g/mol. The lowest BCUT2D eigenvalue weighted by molar-refractivity contribution is 0.149. The van der Waals surface area contributed by atoms with Crippen LogP contribution < -0.4 is 11.1 Å². The Morgan fingerprint density at radius 2 is 2.25 bits per heavy atom. The summed E-state index contributed by atoms with van der Waals surface area (Å²) in [5.74, 6) is 2.16. The molecule has 0 amide bonds. The van der Waals surface area contributed by atoms with E-state index in [4.69, 9.17) is 5.73 Å². The molecule has 1 fully saturated rings. The second-order valence-corrected chi connectivity index (χ2v) is 6.44. The van der Waals surface area contributed by atoms with Crippen LogP contribution in [0.5, 0.6) is 0 Å². The van der Waals surface area contributed by atoms with Crippen LogP contribution in [-0.2, 0) is 0 Å². The van der Waals surface area contributed by atoms with Gasteiger partial charge in [0.2, 0.25) is 0 Å². The number of anilines is 2. The van der Waals surface area contributed by atoms with Crippen LogP contribution in [0.4, 0.5) is 11.6 Å². The molecule has 1 saturated carbocycles. The first-order valence-electron chi connectivity index (χ1n) is 7.47. The fourth-order valence-electron chi connectivity index (χ4n) is 3.29. The molecule has 2 atom stereocenters. The minimum Gasteiger partial charge on any atom is -0.394 e. The van der Waals surface area contributed by atoms with Crippen LogP contribution in [0.3, 0.4) is 0 Å². The number of aromatic nitrogens is 2. The maximum atomic E-state index is 9.88. The predicted molar refractivity (Wildman–Crippen MR) is 81.6 cm³/mol. The van der Waals surface area contributed by atoms with E-state index in [2.05, 4.69) is 36.1 Å². The third-order valence-electron chi connectivity index (χ3n) is 4.27. The second-order valence-electron chi connectivity index (χ2n) is 6.44. The highest BCUT2D eigenvalue weighted by atomic mass is 16.3. The first kappa shape index (κ1) is 15.0. The molecule has 5 nitrogen and oxygen atoms in total. The number of nitrogens with one attached hydrogen (secondary N) is 1. The minimum absolute atomic E-state index is 0.124. The molecule has 1 aromatic heterocycles. The summed E-state index contributed by atoms with van der Waals surface area (Å²) >= 11 is 0. The van der Waals surface area contributed by atoms with Gasteiger partial charge in [0, 0.05) is 5.56 Å². The van der Waals surface area contributed by atoms with Crippen LogP contribution in [0.1, 0.15) is 57.9 Å². The second kappa shape index (κ2) is 5.95. The Bertz CT molecular complexity index is 463. The average molecular weight is 278 g/mol. The molecule has 1 heterocycles. The van der Waals surface area contributed by atoms with Gasteiger partial charge in [0.05, 0.1) is 12.1 Å². The van der Waals surface area contributed by atoms with E-state index >= 15 is 0 Å². The third kappa shape index (κ3) is 3.03. The van der Waals surface area contributed by atoms with Crippen molar-refractivity contribution in [3.8, 4) is 0 Å². The Hall–Kier alpha value is -1.36. The Morgan fingerprint density at radius 1 is 1.50 bits per heavy atom. The van der Waals surface area contributed by atoms with E-state index in [9.17, 15) is 5.11 Å². The molecule has 5 heteroatoms. The van der Waals surface area contributed by atoms with Crippen molar-refractivity contribution >= 4 is 11.6 Å². The molecule has 0 aliphatic heterocycles. The summed E-state index contributed by atoms with van der Waals surface area (Å²) in [5, 5.41) is 13.4. The zero-order chi connectivity index (χ0) is 14.8. The van der Waals surface area contributed by atoms with E-state index in [0.29, 0.717) is 11.7 Å². The van der Waals surface area contributed by atoms with Crippen LogP contribution in [0, 0.1) is 5.92 Å². The van der Waals surface area contributed by atoms with Gasteiger partial charge in [0.25, 0.3) is 0 Å². The third-order valence-corrected chi connectivity index (χ3v) is 4.27. The Kier molecular flexibility index (Phi) is 4.48. The molecule has 1 aromatic rings. The predicted octanol–water partition coefficient (Wildman–Crippen LogP) is 2.54. The molecule has 4 N–H and O–H groups in total. The summed E-state index contributed by atoms with van der Waals surface area (Å²) in [6.45, 7) is 6.52. The normalized spacial score (nSPS) is 26.8. The van der Waals surface area contributed by atoms with Crippen molar-refractivity contribution in [1.82, 2.24) is 9.97 Å². The van der Waals surface area contributed by atoms with Crippen molar-refractivity contribution in [2.24, 2.45) is 5.92 Å². The highest BCUT2D eigenvalue weighted by Gasteiger charge is 2.35. The van der Waals surface area contributed by atoms with Gasteiger partial charge in [-0.25, -0.2) is 9.97 Å². The molecule has 112 valence electrons. The smallest absolute Gasteiger partial charge is 0.135 e. The number of hydrogen-bond acceptors (Lipinski definition) is 5. The molecule has 1 aliphatic carbocycles. The lowest BCUT2D eigenvalue weighted by Crippen LogP contribution is -2.46. The number of aliphatic hydroxyl groups is 1. The zero-order valence-corrected chi connectivity index (χ0v) is 12.7. The number of nitrogens with two attached hydrogens (primary N) is 1. The van der Waals surface area contributed by atoms with Crippen molar-refractivity contribution < 1.29 is 5.11 Å². The van der Waals surface area contributed by atoms with Crippen LogP contribution in [0.2, 0.25) is 0 Å². The number of rotatable bonds is 4. The average Bonchev–Trinajstić information content (AvgIpc) is 2.38. The van der Waals surface area contributed by atoms with Gasteiger partial charge in [-0.2, -0.15) is 0 Å². The molecule has 0 radical (unpaired) electrons.